The zero-order valence-corrected chi connectivity index (χ0v) is 6.66. The normalized spacial score (nSPS) is 29.5. The van der Waals surface area contributed by atoms with Gasteiger partial charge in [-0.1, -0.05) is 0 Å². The number of hydrogen-bond acceptors (Lipinski definition) is 3. The Hall–Kier alpha value is -1.03. The van der Waals surface area contributed by atoms with Crippen LogP contribution in [-0.4, -0.2) is 28.2 Å². The maximum atomic E-state index is 10.6. The summed E-state index contributed by atoms with van der Waals surface area (Å²) in [6, 6.07) is 0. The molecule has 1 aliphatic heterocycles. The number of rotatable bonds is 2. The minimum absolute atomic E-state index is 0.763. The van der Waals surface area contributed by atoms with Crippen molar-refractivity contribution >= 4 is 5.97 Å². The Morgan fingerprint density at radius 1 is 1.82 bits per heavy atom. The van der Waals surface area contributed by atoms with Crippen LogP contribution in [0.3, 0.4) is 0 Å². The average molecular weight is 156 g/mol. The molecule has 1 heterocycles. The average Bonchev–Trinajstić information content (AvgIpc) is 2.33. The van der Waals surface area contributed by atoms with Crippen molar-refractivity contribution in [1.82, 2.24) is 10.4 Å². The number of hydrazine groups is 1. The topological polar surface area (TPSA) is 52.6 Å². The van der Waals surface area contributed by atoms with Gasteiger partial charge in [-0.3, -0.25) is 0 Å². The van der Waals surface area contributed by atoms with Crippen LogP contribution in [0, 0.1) is 0 Å². The van der Waals surface area contributed by atoms with E-state index in [0.717, 1.165) is 6.54 Å². The van der Waals surface area contributed by atoms with Gasteiger partial charge in [-0.15, -0.1) is 0 Å². The molecule has 4 nitrogen and oxygen atoms in total. The lowest BCUT2D eigenvalue weighted by Gasteiger charge is -2.22. The summed E-state index contributed by atoms with van der Waals surface area (Å²) in [5, 5.41) is 10.5. The maximum Gasteiger partial charge on any atom is 0.329 e. The molecule has 1 atom stereocenters. The number of nitrogens with one attached hydrogen (secondary N) is 1. The molecule has 11 heavy (non-hydrogen) atoms. The van der Waals surface area contributed by atoms with E-state index in [2.05, 4.69) is 5.43 Å². The van der Waals surface area contributed by atoms with E-state index in [0.29, 0.717) is 0 Å². The van der Waals surface area contributed by atoms with Crippen LogP contribution in [0.25, 0.3) is 0 Å². The van der Waals surface area contributed by atoms with Crippen LogP contribution in [0.1, 0.15) is 13.8 Å². The van der Waals surface area contributed by atoms with E-state index < -0.39 is 11.5 Å². The quantitative estimate of drug-likeness (QED) is 0.599. The van der Waals surface area contributed by atoms with E-state index in [9.17, 15) is 4.79 Å². The fraction of sp³-hybridized carbons (Fsp3) is 0.571. The number of hydrogen-bond donors (Lipinski definition) is 2. The summed E-state index contributed by atoms with van der Waals surface area (Å²) >= 11 is 0. The molecule has 62 valence electrons. The molecule has 0 aromatic rings. The summed E-state index contributed by atoms with van der Waals surface area (Å²) in [7, 11) is 0. The smallest absolute Gasteiger partial charge is 0.329 e. The second-order valence-electron chi connectivity index (χ2n) is 2.72. The molecule has 0 aromatic heterocycles. The molecule has 1 aliphatic rings. The Morgan fingerprint density at radius 2 is 2.45 bits per heavy atom. The highest BCUT2D eigenvalue weighted by Gasteiger charge is 2.34. The van der Waals surface area contributed by atoms with Gasteiger partial charge < -0.3 is 10.1 Å². The van der Waals surface area contributed by atoms with Gasteiger partial charge in [-0.25, -0.2) is 10.2 Å². The van der Waals surface area contributed by atoms with Crippen LogP contribution in [0.15, 0.2) is 12.3 Å². The first-order valence-electron chi connectivity index (χ1n) is 3.55. The Labute approximate surface area is 65.5 Å². The Balaban J connectivity index is 2.67. The molecular formula is C7H12N2O2. The van der Waals surface area contributed by atoms with Crippen molar-refractivity contribution in [3.8, 4) is 0 Å². The first kappa shape index (κ1) is 8.07. The van der Waals surface area contributed by atoms with E-state index in [1.54, 1.807) is 24.2 Å². The molecule has 0 bridgehead atoms. The molecule has 0 saturated heterocycles. The standard InChI is InChI=1S/C7H12N2O2/c1-3-9-5-4-7(2,8-9)6(10)11/h4-5,8H,3H2,1-2H3,(H,10,11). The van der Waals surface area contributed by atoms with Crippen molar-refractivity contribution in [3.63, 3.8) is 0 Å². The first-order valence-corrected chi connectivity index (χ1v) is 3.55. The fourth-order valence-electron chi connectivity index (χ4n) is 0.915. The van der Waals surface area contributed by atoms with Crippen molar-refractivity contribution in [1.29, 1.82) is 0 Å². The molecule has 0 saturated carbocycles. The highest BCUT2D eigenvalue weighted by atomic mass is 16.4. The van der Waals surface area contributed by atoms with Crippen LogP contribution < -0.4 is 5.43 Å². The van der Waals surface area contributed by atoms with Crippen LogP contribution >= 0.6 is 0 Å². The van der Waals surface area contributed by atoms with Gasteiger partial charge in [0.15, 0.2) is 5.54 Å². The third kappa shape index (κ3) is 1.35. The number of carboxylic acid groups (broad SMARTS) is 1. The molecule has 0 aromatic carbocycles. The van der Waals surface area contributed by atoms with Crippen LogP contribution in [-0.2, 0) is 4.79 Å². The number of nitrogens with zero attached hydrogens (tertiary/aromatic N) is 1. The molecule has 4 heteroatoms. The van der Waals surface area contributed by atoms with Crippen molar-refractivity contribution in [2.75, 3.05) is 6.54 Å². The van der Waals surface area contributed by atoms with Crippen LogP contribution in [0.4, 0.5) is 0 Å². The zero-order chi connectivity index (χ0) is 8.48. The third-order valence-corrected chi connectivity index (χ3v) is 1.75. The zero-order valence-electron chi connectivity index (χ0n) is 6.66. The maximum absolute atomic E-state index is 10.6. The van der Waals surface area contributed by atoms with Crippen molar-refractivity contribution in [2.24, 2.45) is 0 Å². The van der Waals surface area contributed by atoms with Gasteiger partial charge in [0, 0.05) is 12.7 Å². The Bertz CT molecular complexity index is 203. The van der Waals surface area contributed by atoms with Crippen LogP contribution in [0.5, 0.6) is 0 Å². The predicted octanol–water partition coefficient (Wildman–Crippen LogP) is 0.183. The van der Waals surface area contributed by atoms with Gasteiger partial charge in [0.05, 0.1) is 0 Å². The molecular weight excluding hydrogens is 144 g/mol. The largest absolute Gasteiger partial charge is 0.480 e. The van der Waals surface area contributed by atoms with Gasteiger partial charge in [-0.2, -0.15) is 0 Å². The lowest BCUT2D eigenvalue weighted by Crippen LogP contribution is -2.49. The summed E-state index contributed by atoms with van der Waals surface area (Å²) < 4.78 is 0. The minimum atomic E-state index is -0.921. The van der Waals surface area contributed by atoms with E-state index in [4.69, 9.17) is 5.11 Å². The minimum Gasteiger partial charge on any atom is -0.480 e. The van der Waals surface area contributed by atoms with Gasteiger partial charge >= 0.3 is 5.97 Å². The molecule has 0 fully saturated rings. The molecule has 0 aliphatic carbocycles. The monoisotopic (exact) mass is 156 g/mol. The number of carbonyl (C=O) groups is 1. The molecule has 1 unspecified atom stereocenters. The Morgan fingerprint density at radius 3 is 2.73 bits per heavy atom. The highest BCUT2D eigenvalue weighted by Crippen LogP contribution is 2.13. The highest BCUT2D eigenvalue weighted by molar-refractivity contribution is 5.81. The molecule has 0 amide bonds. The second kappa shape index (κ2) is 2.54. The third-order valence-electron chi connectivity index (χ3n) is 1.75. The molecule has 0 radical (unpaired) electrons. The van der Waals surface area contributed by atoms with Gasteiger partial charge in [-0.05, 0) is 19.9 Å². The summed E-state index contributed by atoms with van der Waals surface area (Å²) in [5.41, 5.74) is 1.92. The Kier molecular flexibility index (Phi) is 1.87. The lowest BCUT2D eigenvalue weighted by molar-refractivity contribution is -0.143. The van der Waals surface area contributed by atoms with Gasteiger partial charge in [0.1, 0.15) is 0 Å². The summed E-state index contributed by atoms with van der Waals surface area (Å²) in [6.07, 6.45) is 3.38. The second-order valence-corrected chi connectivity index (χ2v) is 2.72. The summed E-state index contributed by atoms with van der Waals surface area (Å²) in [6.45, 7) is 4.34. The van der Waals surface area contributed by atoms with Crippen molar-refractivity contribution < 1.29 is 9.90 Å². The van der Waals surface area contributed by atoms with Gasteiger partial charge in [0.25, 0.3) is 0 Å². The van der Waals surface area contributed by atoms with Crippen LogP contribution in [0.2, 0.25) is 0 Å². The summed E-state index contributed by atoms with van der Waals surface area (Å²) in [5.74, 6) is -0.857. The molecule has 1 rings (SSSR count). The number of carboxylic acids is 1. The first-order chi connectivity index (χ1) is 5.08. The van der Waals surface area contributed by atoms with E-state index in [-0.39, 0.29) is 0 Å². The van der Waals surface area contributed by atoms with Crippen molar-refractivity contribution in [3.05, 3.63) is 12.3 Å². The SMILES string of the molecule is CCN1C=CC(C)(C(=O)O)N1. The fourth-order valence-corrected chi connectivity index (χ4v) is 0.915. The predicted molar refractivity (Wildman–Crippen MR) is 40.7 cm³/mol. The molecule has 2 N–H and O–H groups in total. The van der Waals surface area contributed by atoms with E-state index in [1.165, 1.54) is 0 Å². The lowest BCUT2D eigenvalue weighted by atomic mass is 10.1. The molecule has 0 spiro atoms. The van der Waals surface area contributed by atoms with E-state index in [1.807, 2.05) is 6.92 Å². The van der Waals surface area contributed by atoms with Crippen molar-refractivity contribution in [2.45, 2.75) is 19.4 Å². The number of aliphatic carboxylic acids is 1. The van der Waals surface area contributed by atoms with Gasteiger partial charge in [0.2, 0.25) is 0 Å². The van der Waals surface area contributed by atoms with E-state index >= 15 is 0 Å². The summed E-state index contributed by atoms with van der Waals surface area (Å²) in [4.78, 5) is 10.6.